The first-order chi connectivity index (χ1) is 9.60. The van der Waals surface area contributed by atoms with Crippen molar-refractivity contribution in [1.29, 1.82) is 0 Å². The molecule has 2 aromatic rings. The third-order valence-corrected chi connectivity index (χ3v) is 2.72. The van der Waals surface area contributed by atoms with Crippen molar-refractivity contribution in [2.45, 2.75) is 20.5 Å². The molecule has 0 amide bonds. The lowest BCUT2D eigenvalue weighted by molar-refractivity contribution is 0.0695. The Hall–Kier alpha value is -2.43. The van der Waals surface area contributed by atoms with E-state index in [0.29, 0.717) is 23.9 Å². The predicted octanol–water partition coefficient (Wildman–Crippen LogP) is 3.26. The number of ether oxygens (including phenoxy) is 2. The van der Waals surface area contributed by atoms with E-state index in [4.69, 9.17) is 19.0 Å². The summed E-state index contributed by atoms with van der Waals surface area (Å²) in [6, 6.07) is 8.69. The van der Waals surface area contributed by atoms with Gasteiger partial charge in [-0.2, -0.15) is 0 Å². The fraction of sp³-hybridized carbons (Fsp3) is 0.267. The predicted molar refractivity (Wildman–Crippen MR) is 72.3 cm³/mol. The van der Waals surface area contributed by atoms with Crippen LogP contribution in [0.5, 0.6) is 11.5 Å². The van der Waals surface area contributed by atoms with Crippen LogP contribution in [0.1, 0.15) is 28.8 Å². The molecule has 5 heteroatoms. The summed E-state index contributed by atoms with van der Waals surface area (Å²) in [6.07, 6.45) is 0. The van der Waals surface area contributed by atoms with Crippen molar-refractivity contribution in [3.63, 3.8) is 0 Å². The van der Waals surface area contributed by atoms with Crippen LogP contribution in [-0.2, 0) is 6.61 Å². The van der Waals surface area contributed by atoms with E-state index >= 15 is 0 Å². The smallest absolute Gasteiger partial charge is 0.339 e. The number of carboxylic acid groups (broad SMARTS) is 1. The number of aromatic carboxylic acids is 1. The quantitative estimate of drug-likeness (QED) is 0.877. The number of rotatable bonds is 6. The monoisotopic (exact) mass is 276 g/mol. The molecule has 20 heavy (non-hydrogen) atoms. The molecule has 0 aliphatic carbocycles. The molecule has 2 rings (SSSR count). The molecule has 5 nitrogen and oxygen atoms in total. The Morgan fingerprint density at radius 1 is 1.20 bits per heavy atom. The van der Waals surface area contributed by atoms with Crippen molar-refractivity contribution in [2.75, 3.05) is 6.61 Å². The molecule has 0 spiro atoms. The van der Waals surface area contributed by atoms with Gasteiger partial charge in [-0.3, -0.25) is 0 Å². The molecular weight excluding hydrogens is 260 g/mol. The first kappa shape index (κ1) is 14.0. The lowest BCUT2D eigenvalue weighted by atomic mass is 10.2. The van der Waals surface area contributed by atoms with Crippen LogP contribution in [0.4, 0.5) is 0 Å². The molecule has 0 aliphatic rings. The first-order valence-electron chi connectivity index (χ1n) is 6.28. The van der Waals surface area contributed by atoms with Gasteiger partial charge >= 0.3 is 5.97 Å². The van der Waals surface area contributed by atoms with Gasteiger partial charge in [-0.05, 0) is 44.2 Å². The van der Waals surface area contributed by atoms with Crippen molar-refractivity contribution >= 4 is 5.97 Å². The van der Waals surface area contributed by atoms with Crippen LogP contribution in [0, 0.1) is 6.92 Å². The van der Waals surface area contributed by atoms with Crippen LogP contribution in [0.3, 0.4) is 0 Å². The average molecular weight is 276 g/mol. The molecule has 0 bridgehead atoms. The van der Waals surface area contributed by atoms with Gasteiger partial charge in [-0.15, -0.1) is 0 Å². The highest BCUT2D eigenvalue weighted by Crippen LogP contribution is 2.20. The summed E-state index contributed by atoms with van der Waals surface area (Å²) in [5.74, 6) is 1.30. The van der Waals surface area contributed by atoms with Crippen LogP contribution in [0.25, 0.3) is 0 Å². The van der Waals surface area contributed by atoms with Crippen molar-refractivity contribution in [3.8, 4) is 11.5 Å². The molecule has 1 aromatic heterocycles. The summed E-state index contributed by atoms with van der Waals surface area (Å²) in [5.41, 5.74) is 0.162. The van der Waals surface area contributed by atoms with Gasteiger partial charge in [0.1, 0.15) is 35.2 Å². The maximum Gasteiger partial charge on any atom is 0.339 e. The van der Waals surface area contributed by atoms with Crippen LogP contribution < -0.4 is 9.47 Å². The second-order valence-corrected chi connectivity index (χ2v) is 4.18. The molecule has 0 atom stereocenters. The van der Waals surface area contributed by atoms with Crippen molar-refractivity contribution in [2.24, 2.45) is 0 Å². The van der Waals surface area contributed by atoms with Gasteiger partial charge < -0.3 is 19.0 Å². The molecule has 1 N–H and O–H groups in total. The van der Waals surface area contributed by atoms with Crippen LogP contribution in [0.2, 0.25) is 0 Å². The molecule has 0 unspecified atom stereocenters. The van der Waals surface area contributed by atoms with Crippen LogP contribution >= 0.6 is 0 Å². The molecule has 0 fully saturated rings. The summed E-state index contributed by atoms with van der Waals surface area (Å²) >= 11 is 0. The van der Waals surface area contributed by atoms with Crippen LogP contribution in [-0.4, -0.2) is 17.7 Å². The lowest BCUT2D eigenvalue weighted by Crippen LogP contribution is -1.96. The van der Waals surface area contributed by atoms with E-state index in [0.717, 1.165) is 5.75 Å². The molecule has 106 valence electrons. The summed E-state index contributed by atoms with van der Waals surface area (Å²) in [7, 11) is 0. The van der Waals surface area contributed by atoms with Gasteiger partial charge in [-0.25, -0.2) is 4.79 Å². The molecule has 1 heterocycles. The number of hydrogen-bond acceptors (Lipinski definition) is 4. The standard InChI is InChI=1S/C15H16O5/c1-3-18-11-4-6-12(7-5-11)19-9-13-8-14(15(16)17)10(2)20-13/h4-8H,3,9H2,1-2H3,(H,16,17). The van der Waals surface area contributed by atoms with Crippen molar-refractivity contribution in [1.82, 2.24) is 0 Å². The number of carbonyl (C=O) groups is 1. The van der Waals surface area contributed by atoms with Crippen molar-refractivity contribution < 1.29 is 23.8 Å². The third-order valence-electron chi connectivity index (χ3n) is 2.72. The van der Waals surface area contributed by atoms with Gasteiger partial charge in [0.2, 0.25) is 0 Å². The summed E-state index contributed by atoms with van der Waals surface area (Å²) in [6.45, 7) is 4.33. The number of hydrogen-bond donors (Lipinski definition) is 1. The Morgan fingerprint density at radius 3 is 2.30 bits per heavy atom. The first-order valence-corrected chi connectivity index (χ1v) is 6.28. The van der Waals surface area contributed by atoms with Gasteiger partial charge in [0.25, 0.3) is 0 Å². The lowest BCUT2D eigenvalue weighted by Gasteiger charge is -2.06. The van der Waals surface area contributed by atoms with E-state index in [9.17, 15) is 4.79 Å². The SMILES string of the molecule is CCOc1ccc(OCc2cc(C(=O)O)c(C)o2)cc1. The average Bonchev–Trinajstić information content (AvgIpc) is 2.80. The zero-order valence-electron chi connectivity index (χ0n) is 11.4. The minimum Gasteiger partial charge on any atom is -0.494 e. The Balaban J connectivity index is 1.98. The Bertz CT molecular complexity index is 583. The minimum atomic E-state index is -1.00. The maximum atomic E-state index is 10.9. The molecular formula is C15H16O5. The zero-order chi connectivity index (χ0) is 14.5. The normalized spacial score (nSPS) is 10.3. The fourth-order valence-electron chi connectivity index (χ4n) is 1.78. The Morgan fingerprint density at radius 2 is 1.80 bits per heavy atom. The highest BCUT2D eigenvalue weighted by atomic mass is 16.5. The molecule has 0 radical (unpaired) electrons. The van der Waals surface area contributed by atoms with E-state index in [2.05, 4.69) is 0 Å². The summed E-state index contributed by atoms with van der Waals surface area (Å²) < 4.78 is 16.2. The van der Waals surface area contributed by atoms with Crippen molar-refractivity contribution in [3.05, 3.63) is 47.4 Å². The molecule has 1 aromatic carbocycles. The molecule has 0 saturated carbocycles. The van der Waals surface area contributed by atoms with E-state index in [1.54, 1.807) is 19.1 Å². The van der Waals surface area contributed by atoms with Gasteiger partial charge in [-0.1, -0.05) is 0 Å². The van der Waals surface area contributed by atoms with Gasteiger partial charge in [0, 0.05) is 0 Å². The van der Waals surface area contributed by atoms with Gasteiger partial charge in [0.15, 0.2) is 0 Å². The molecule has 0 aliphatic heterocycles. The zero-order valence-corrected chi connectivity index (χ0v) is 11.4. The van der Waals surface area contributed by atoms with E-state index in [1.165, 1.54) is 6.07 Å². The molecule has 0 saturated heterocycles. The van der Waals surface area contributed by atoms with E-state index < -0.39 is 5.97 Å². The second kappa shape index (κ2) is 6.14. The summed E-state index contributed by atoms with van der Waals surface area (Å²) in [5, 5.41) is 8.93. The van der Waals surface area contributed by atoms with Crippen LogP contribution in [0.15, 0.2) is 34.7 Å². The number of carboxylic acids is 1. The minimum absolute atomic E-state index is 0.162. The largest absolute Gasteiger partial charge is 0.494 e. The highest BCUT2D eigenvalue weighted by Gasteiger charge is 2.13. The summed E-state index contributed by atoms with van der Waals surface area (Å²) in [4.78, 5) is 10.9. The second-order valence-electron chi connectivity index (χ2n) is 4.18. The number of aryl methyl sites for hydroxylation is 1. The number of furan rings is 1. The third kappa shape index (κ3) is 3.32. The number of benzene rings is 1. The maximum absolute atomic E-state index is 10.9. The Labute approximate surface area is 116 Å². The fourth-order valence-corrected chi connectivity index (χ4v) is 1.78. The van der Waals surface area contributed by atoms with Gasteiger partial charge in [0.05, 0.1) is 6.61 Å². The highest BCUT2D eigenvalue weighted by molar-refractivity contribution is 5.88. The van der Waals surface area contributed by atoms with E-state index in [-0.39, 0.29) is 12.2 Å². The Kier molecular flexibility index (Phi) is 4.30. The topological polar surface area (TPSA) is 68.9 Å². The van der Waals surface area contributed by atoms with E-state index in [1.807, 2.05) is 19.1 Å².